The van der Waals surface area contributed by atoms with Crippen molar-refractivity contribution in [3.05, 3.63) is 41.7 Å². The van der Waals surface area contributed by atoms with E-state index < -0.39 is 11.9 Å². The first kappa shape index (κ1) is 11.5. The third-order valence-corrected chi connectivity index (χ3v) is 2.55. The molecule has 0 saturated carbocycles. The average molecular weight is 236 g/mol. The second-order valence-corrected chi connectivity index (χ2v) is 3.64. The van der Waals surface area contributed by atoms with Crippen LogP contribution >= 0.6 is 0 Å². The maximum absolute atomic E-state index is 13.1. The minimum Gasteiger partial charge on any atom is -0.493 e. The molecular formula is C11H13FN4O. The van der Waals surface area contributed by atoms with Gasteiger partial charge in [-0.1, -0.05) is 0 Å². The molecule has 1 atom stereocenters. The first-order valence-corrected chi connectivity index (χ1v) is 5.05. The molecule has 0 bridgehead atoms. The molecule has 0 saturated heterocycles. The molecule has 0 aliphatic carbocycles. The van der Waals surface area contributed by atoms with Crippen LogP contribution in [0.15, 0.2) is 24.7 Å². The molecule has 90 valence electrons. The van der Waals surface area contributed by atoms with E-state index in [0.717, 1.165) is 6.20 Å². The topological polar surface area (TPSA) is 66.0 Å². The Morgan fingerprint density at radius 2 is 2.18 bits per heavy atom. The van der Waals surface area contributed by atoms with Gasteiger partial charge in [-0.05, 0) is 11.6 Å². The second kappa shape index (κ2) is 4.50. The van der Waals surface area contributed by atoms with Crippen molar-refractivity contribution in [1.29, 1.82) is 0 Å². The molecule has 5 nitrogen and oxygen atoms in total. The third kappa shape index (κ3) is 2.12. The van der Waals surface area contributed by atoms with Crippen LogP contribution in [-0.4, -0.2) is 21.9 Å². The number of methoxy groups -OCH3 is 1. The number of nitrogens with zero attached hydrogens (tertiary/aromatic N) is 3. The van der Waals surface area contributed by atoms with Gasteiger partial charge in [0.15, 0.2) is 5.75 Å². The normalized spacial score (nSPS) is 12.5. The van der Waals surface area contributed by atoms with Crippen LogP contribution in [0.2, 0.25) is 0 Å². The number of aryl methyl sites for hydroxylation is 1. The van der Waals surface area contributed by atoms with Gasteiger partial charge in [-0.2, -0.15) is 5.10 Å². The zero-order chi connectivity index (χ0) is 12.4. The second-order valence-electron chi connectivity index (χ2n) is 3.64. The van der Waals surface area contributed by atoms with Crippen molar-refractivity contribution in [2.45, 2.75) is 6.04 Å². The zero-order valence-corrected chi connectivity index (χ0v) is 9.59. The third-order valence-electron chi connectivity index (χ3n) is 2.55. The van der Waals surface area contributed by atoms with E-state index in [1.807, 2.05) is 0 Å². The molecule has 2 rings (SSSR count). The Kier molecular flexibility index (Phi) is 3.06. The molecule has 0 aliphatic rings. The number of pyridine rings is 1. The molecule has 6 heteroatoms. The lowest BCUT2D eigenvalue weighted by Gasteiger charge is -2.13. The van der Waals surface area contributed by atoms with Gasteiger partial charge in [0.05, 0.1) is 25.5 Å². The maximum atomic E-state index is 13.1. The maximum Gasteiger partial charge on any atom is 0.161 e. The number of halogens is 1. The minimum atomic E-state index is -0.527. The minimum absolute atomic E-state index is 0.418. The molecule has 0 spiro atoms. The molecule has 0 fully saturated rings. The van der Waals surface area contributed by atoms with Gasteiger partial charge < -0.3 is 10.5 Å². The van der Waals surface area contributed by atoms with E-state index in [-0.39, 0.29) is 0 Å². The SMILES string of the molecule is COc1cnn(C)c1C(N)c1cncc(F)c1. The molecule has 2 aromatic heterocycles. The van der Waals surface area contributed by atoms with Crippen molar-refractivity contribution in [3.8, 4) is 5.75 Å². The van der Waals surface area contributed by atoms with Crippen molar-refractivity contribution in [2.24, 2.45) is 12.8 Å². The summed E-state index contributed by atoms with van der Waals surface area (Å²) in [6.45, 7) is 0. The van der Waals surface area contributed by atoms with Crippen LogP contribution in [0.5, 0.6) is 5.75 Å². The molecule has 2 N–H and O–H groups in total. The Balaban J connectivity index is 2.43. The van der Waals surface area contributed by atoms with Crippen molar-refractivity contribution < 1.29 is 9.13 Å². The van der Waals surface area contributed by atoms with E-state index in [1.54, 1.807) is 17.9 Å². The molecular weight excluding hydrogens is 223 g/mol. The Bertz CT molecular complexity index is 526. The molecule has 2 aromatic rings. The van der Waals surface area contributed by atoms with Crippen LogP contribution in [0, 0.1) is 5.82 Å². The quantitative estimate of drug-likeness (QED) is 0.863. The summed E-state index contributed by atoms with van der Waals surface area (Å²) in [6, 6.07) is 0.824. The van der Waals surface area contributed by atoms with Gasteiger partial charge in [0.2, 0.25) is 0 Å². The lowest BCUT2D eigenvalue weighted by molar-refractivity contribution is 0.405. The smallest absolute Gasteiger partial charge is 0.161 e. The first-order chi connectivity index (χ1) is 8.13. The van der Waals surface area contributed by atoms with Gasteiger partial charge in [0, 0.05) is 13.2 Å². The Labute approximate surface area is 98.0 Å². The monoisotopic (exact) mass is 236 g/mol. The van der Waals surface area contributed by atoms with E-state index in [4.69, 9.17) is 10.5 Å². The highest BCUT2D eigenvalue weighted by Gasteiger charge is 2.19. The summed E-state index contributed by atoms with van der Waals surface area (Å²) in [7, 11) is 3.29. The number of ether oxygens (including phenoxy) is 1. The molecule has 1 unspecified atom stereocenters. The zero-order valence-electron chi connectivity index (χ0n) is 9.59. The van der Waals surface area contributed by atoms with Crippen LogP contribution in [0.1, 0.15) is 17.3 Å². The van der Waals surface area contributed by atoms with Gasteiger partial charge >= 0.3 is 0 Å². The van der Waals surface area contributed by atoms with Gasteiger partial charge in [0.25, 0.3) is 0 Å². The number of nitrogens with two attached hydrogens (primary N) is 1. The summed E-state index contributed by atoms with van der Waals surface area (Å²) in [4.78, 5) is 3.77. The van der Waals surface area contributed by atoms with Gasteiger partial charge in [0.1, 0.15) is 11.5 Å². The lowest BCUT2D eigenvalue weighted by Crippen LogP contribution is -2.17. The fourth-order valence-corrected chi connectivity index (χ4v) is 1.69. The summed E-state index contributed by atoms with van der Waals surface area (Å²) in [6.07, 6.45) is 4.23. The van der Waals surface area contributed by atoms with Gasteiger partial charge in [-0.25, -0.2) is 4.39 Å². The Hall–Kier alpha value is -1.95. The van der Waals surface area contributed by atoms with Gasteiger partial charge in [-0.15, -0.1) is 0 Å². The van der Waals surface area contributed by atoms with Crippen molar-refractivity contribution >= 4 is 0 Å². The summed E-state index contributed by atoms with van der Waals surface area (Å²) >= 11 is 0. The standard InChI is InChI=1S/C11H13FN4O/c1-16-11(9(17-2)6-15-16)10(13)7-3-8(12)5-14-4-7/h3-6,10H,13H2,1-2H3. The van der Waals surface area contributed by atoms with E-state index in [2.05, 4.69) is 10.1 Å². The highest BCUT2D eigenvalue weighted by molar-refractivity contribution is 5.34. The molecule has 0 aliphatic heterocycles. The van der Waals surface area contributed by atoms with E-state index in [1.165, 1.54) is 19.4 Å². The number of rotatable bonds is 3. The summed E-state index contributed by atoms with van der Waals surface area (Å²) in [5.74, 6) is 0.156. The van der Waals surface area contributed by atoms with Crippen molar-refractivity contribution in [1.82, 2.24) is 14.8 Å². The van der Waals surface area contributed by atoms with E-state index in [0.29, 0.717) is 17.0 Å². The highest BCUT2D eigenvalue weighted by atomic mass is 19.1. The molecule has 17 heavy (non-hydrogen) atoms. The molecule has 0 radical (unpaired) electrons. The van der Waals surface area contributed by atoms with Crippen molar-refractivity contribution in [3.63, 3.8) is 0 Å². The Morgan fingerprint density at radius 3 is 2.82 bits per heavy atom. The van der Waals surface area contributed by atoms with Crippen LogP contribution in [-0.2, 0) is 7.05 Å². The number of aromatic nitrogens is 3. The van der Waals surface area contributed by atoms with E-state index >= 15 is 0 Å². The summed E-state index contributed by atoms with van der Waals surface area (Å²) < 4.78 is 19.8. The van der Waals surface area contributed by atoms with Crippen LogP contribution in [0.4, 0.5) is 4.39 Å². The molecule has 0 amide bonds. The Morgan fingerprint density at radius 1 is 1.41 bits per heavy atom. The molecule has 2 heterocycles. The van der Waals surface area contributed by atoms with E-state index in [9.17, 15) is 4.39 Å². The van der Waals surface area contributed by atoms with Crippen LogP contribution < -0.4 is 10.5 Å². The van der Waals surface area contributed by atoms with Crippen molar-refractivity contribution in [2.75, 3.05) is 7.11 Å². The fraction of sp³-hybridized carbons (Fsp3) is 0.273. The predicted octanol–water partition coefficient (Wildman–Crippen LogP) is 1.01. The summed E-state index contributed by atoms with van der Waals surface area (Å²) in [5, 5.41) is 4.05. The number of hydrogen-bond acceptors (Lipinski definition) is 4. The average Bonchev–Trinajstić information content (AvgIpc) is 2.69. The first-order valence-electron chi connectivity index (χ1n) is 5.05. The molecule has 0 aromatic carbocycles. The van der Waals surface area contributed by atoms with Crippen LogP contribution in [0.25, 0.3) is 0 Å². The lowest BCUT2D eigenvalue weighted by atomic mass is 10.1. The predicted molar refractivity (Wildman–Crippen MR) is 60.0 cm³/mol. The largest absolute Gasteiger partial charge is 0.493 e. The number of hydrogen-bond donors (Lipinski definition) is 1. The van der Waals surface area contributed by atoms with Gasteiger partial charge in [-0.3, -0.25) is 9.67 Å². The fourth-order valence-electron chi connectivity index (χ4n) is 1.69. The summed E-state index contributed by atoms with van der Waals surface area (Å²) in [5.41, 5.74) is 7.32. The highest BCUT2D eigenvalue weighted by Crippen LogP contribution is 2.27. The van der Waals surface area contributed by atoms with Crippen LogP contribution in [0.3, 0.4) is 0 Å².